The normalized spacial score (nSPS) is 21.2. The average Bonchev–Trinajstić information content (AvgIpc) is 3.16. The van der Waals surface area contributed by atoms with Crippen molar-refractivity contribution in [2.45, 2.75) is 32.2 Å². The fraction of sp³-hybridized carbons (Fsp3) is 0.571. The molecule has 2 saturated heterocycles. The topological polar surface area (TPSA) is 74.5 Å². The van der Waals surface area contributed by atoms with Crippen LogP contribution in [0.25, 0.3) is 0 Å². The van der Waals surface area contributed by atoms with Crippen LogP contribution in [0.3, 0.4) is 0 Å². The molecule has 2 aliphatic rings. The fourth-order valence-electron chi connectivity index (χ4n) is 4.05. The van der Waals surface area contributed by atoms with Gasteiger partial charge in [0, 0.05) is 43.4 Å². The number of anilines is 1. The quantitative estimate of drug-likeness (QED) is 0.777. The number of amides is 1. The second-order valence-electron chi connectivity index (χ2n) is 7.89. The standard InChI is InChI=1S/C21H29N5O2S/c1-16-22-21(28-24-16)18-5-3-7-26(14-18)15-20(27)23-19-6-2-4-17(12-19)13-25-8-10-29-11-9-25/h2,4,6,12,18H,3,5,7-11,13-15H2,1H3,(H,23,27). The van der Waals surface area contributed by atoms with Gasteiger partial charge < -0.3 is 9.84 Å². The Hall–Kier alpha value is -1.90. The lowest BCUT2D eigenvalue weighted by molar-refractivity contribution is -0.117. The molecule has 1 aromatic carbocycles. The lowest BCUT2D eigenvalue weighted by atomic mass is 9.98. The Morgan fingerprint density at radius 1 is 1.28 bits per heavy atom. The highest BCUT2D eigenvalue weighted by atomic mass is 32.2. The molecular formula is C21H29N5O2S. The molecule has 2 fully saturated rings. The number of nitrogens with zero attached hydrogens (tertiary/aromatic N) is 4. The zero-order valence-corrected chi connectivity index (χ0v) is 17.8. The molecule has 0 aliphatic carbocycles. The average molecular weight is 416 g/mol. The maximum Gasteiger partial charge on any atom is 0.238 e. The minimum atomic E-state index is 0.0267. The molecule has 7 nitrogen and oxygen atoms in total. The lowest BCUT2D eigenvalue weighted by Crippen LogP contribution is -2.39. The Bertz CT molecular complexity index is 821. The first-order valence-electron chi connectivity index (χ1n) is 10.4. The van der Waals surface area contributed by atoms with Crippen molar-refractivity contribution in [3.63, 3.8) is 0 Å². The van der Waals surface area contributed by atoms with Crippen molar-refractivity contribution in [2.75, 3.05) is 49.5 Å². The molecule has 1 atom stereocenters. The monoisotopic (exact) mass is 415 g/mol. The van der Waals surface area contributed by atoms with Crippen molar-refractivity contribution in [3.8, 4) is 0 Å². The van der Waals surface area contributed by atoms with Crippen LogP contribution in [-0.2, 0) is 11.3 Å². The maximum absolute atomic E-state index is 12.6. The van der Waals surface area contributed by atoms with E-state index in [2.05, 4.69) is 37.4 Å². The molecular weight excluding hydrogens is 386 g/mol. The molecule has 8 heteroatoms. The third-order valence-electron chi connectivity index (χ3n) is 5.49. The summed E-state index contributed by atoms with van der Waals surface area (Å²) in [5, 5.41) is 6.97. The van der Waals surface area contributed by atoms with E-state index in [4.69, 9.17) is 4.52 Å². The molecule has 29 heavy (non-hydrogen) atoms. The van der Waals surface area contributed by atoms with Crippen LogP contribution in [0.4, 0.5) is 5.69 Å². The highest BCUT2D eigenvalue weighted by Gasteiger charge is 2.26. The van der Waals surface area contributed by atoms with Gasteiger partial charge in [-0.1, -0.05) is 17.3 Å². The van der Waals surface area contributed by atoms with E-state index in [1.54, 1.807) is 0 Å². The number of thioether (sulfide) groups is 1. The molecule has 3 heterocycles. The number of carbonyl (C=O) groups excluding carboxylic acids is 1. The van der Waals surface area contributed by atoms with E-state index >= 15 is 0 Å². The molecule has 4 rings (SSSR count). The van der Waals surface area contributed by atoms with Crippen molar-refractivity contribution in [2.24, 2.45) is 0 Å². The van der Waals surface area contributed by atoms with Crippen LogP contribution < -0.4 is 5.32 Å². The third-order valence-corrected chi connectivity index (χ3v) is 6.43. The third kappa shape index (κ3) is 5.81. The molecule has 1 amide bonds. The van der Waals surface area contributed by atoms with Gasteiger partial charge >= 0.3 is 0 Å². The van der Waals surface area contributed by atoms with Crippen LogP contribution >= 0.6 is 11.8 Å². The van der Waals surface area contributed by atoms with Gasteiger partial charge in [0.2, 0.25) is 11.8 Å². The van der Waals surface area contributed by atoms with Crippen LogP contribution in [0.5, 0.6) is 0 Å². The van der Waals surface area contributed by atoms with Gasteiger partial charge in [-0.25, -0.2) is 0 Å². The summed E-state index contributed by atoms with van der Waals surface area (Å²) >= 11 is 2.02. The molecule has 0 bridgehead atoms. The minimum Gasteiger partial charge on any atom is -0.339 e. The highest BCUT2D eigenvalue weighted by molar-refractivity contribution is 7.99. The van der Waals surface area contributed by atoms with Crippen molar-refractivity contribution >= 4 is 23.4 Å². The number of rotatable bonds is 6. The van der Waals surface area contributed by atoms with Gasteiger partial charge in [-0.15, -0.1) is 0 Å². The van der Waals surface area contributed by atoms with Crippen molar-refractivity contribution in [1.29, 1.82) is 0 Å². The number of hydrogen-bond acceptors (Lipinski definition) is 7. The first-order chi connectivity index (χ1) is 14.2. The van der Waals surface area contributed by atoms with Crippen LogP contribution in [0.15, 0.2) is 28.8 Å². The summed E-state index contributed by atoms with van der Waals surface area (Å²) < 4.78 is 5.33. The lowest BCUT2D eigenvalue weighted by Gasteiger charge is -2.30. The predicted molar refractivity (Wildman–Crippen MR) is 115 cm³/mol. The van der Waals surface area contributed by atoms with Gasteiger partial charge in [-0.2, -0.15) is 16.7 Å². The molecule has 0 saturated carbocycles. The Balaban J connectivity index is 1.29. The predicted octanol–water partition coefficient (Wildman–Crippen LogP) is 2.74. The second-order valence-corrected chi connectivity index (χ2v) is 9.12. The summed E-state index contributed by atoms with van der Waals surface area (Å²) in [6, 6.07) is 8.23. The van der Waals surface area contributed by atoms with Crippen LogP contribution in [-0.4, -0.2) is 70.1 Å². The van der Waals surface area contributed by atoms with Gasteiger partial charge in [0.25, 0.3) is 0 Å². The zero-order valence-electron chi connectivity index (χ0n) is 17.0. The Morgan fingerprint density at radius 2 is 2.14 bits per heavy atom. The SMILES string of the molecule is Cc1noc(C2CCCN(CC(=O)Nc3cccc(CN4CCSCC4)c3)C2)n1. The van der Waals surface area contributed by atoms with E-state index in [1.165, 1.54) is 17.1 Å². The molecule has 0 radical (unpaired) electrons. The number of piperidine rings is 1. The van der Waals surface area contributed by atoms with Crippen molar-refractivity contribution in [1.82, 2.24) is 19.9 Å². The maximum atomic E-state index is 12.6. The molecule has 0 spiro atoms. The van der Waals surface area contributed by atoms with E-state index < -0.39 is 0 Å². The summed E-state index contributed by atoms with van der Waals surface area (Å²) in [4.78, 5) is 21.6. The zero-order chi connectivity index (χ0) is 20.1. The van der Waals surface area contributed by atoms with Gasteiger partial charge in [-0.3, -0.25) is 14.6 Å². The number of benzene rings is 1. The van der Waals surface area contributed by atoms with E-state index in [1.807, 2.05) is 30.8 Å². The highest BCUT2D eigenvalue weighted by Crippen LogP contribution is 2.25. The number of hydrogen-bond donors (Lipinski definition) is 1. The molecule has 2 aliphatic heterocycles. The van der Waals surface area contributed by atoms with E-state index in [0.717, 1.165) is 51.3 Å². The molecule has 156 valence electrons. The van der Waals surface area contributed by atoms with Crippen molar-refractivity contribution < 1.29 is 9.32 Å². The molecule has 1 aromatic heterocycles. The van der Waals surface area contributed by atoms with Crippen LogP contribution in [0.2, 0.25) is 0 Å². The summed E-state index contributed by atoms with van der Waals surface area (Å²) in [5.41, 5.74) is 2.12. The Labute approximate surface area is 176 Å². The largest absolute Gasteiger partial charge is 0.339 e. The Kier molecular flexibility index (Phi) is 6.84. The number of carbonyl (C=O) groups is 1. The minimum absolute atomic E-state index is 0.0267. The number of aromatic nitrogens is 2. The summed E-state index contributed by atoms with van der Waals surface area (Å²) in [6.45, 7) is 7.14. The number of nitrogens with one attached hydrogen (secondary N) is 1. The van der Waals surface area contributed by atoms with Gasteiger partial charge in [0.05, 0.1) is 12.5 Å². The Morgan fingerprint density at radius 3 is 2.93 bits per heavy atom. The molecule has 1 N–H and O–H groups in total. The first kappa shape index (κ1) is 20.4. The van der Waals surface area contributed by atoms with E-state index in [9.17, 15) is 4.79 Å². The first-order valence-corrected chi connectivity index (χ1v) is 11.5. The fourth-order valence-corrected chi connectivity index (χ4v) is 5.03. The molecule has 2 aromatic rings. The number of aryl methyl sites for hydroxylation is 1. The number of likely N-dealkylation sites (tertiary alicyclic amines) is 1. The second kappa shape index (κ2) is 9.73. The van der Waals surface area contributed by atoms with Gasteiger partial charge in [0.1, 0.15) is 0 Å². The summed E-state index contributed by atoms with van der Waals surface area (Å²) in [5.74, 6) is 4.00. The smallest absolute Gasteiger partial charge is 0.238 e. The summed E-state index contributed by atoms with van der Waals surface area (Å²) in [6.07, 6.45) is 2.06. The van der Waals surface area contributed by atoms with E-state index in [-0.39, 0.29) is 11.8 Å². The van der Waals surface area contributed by atoms with E-state index in [0.29, 0.717) is 18.3 Å². The van der Waals surface area contributed by atoms with Gasteiger partial charge in [0.15, 0.2) is 5.82 Å². The van der Waals surface area contributed by atoms with Crippen molar-refractivity contribution in [3.05, 3.63) is 41.5 Å². The molecule has 1 unspecified atom stereocenters. The van der Waals surface area contributed by atoms with Crippen LogP contribution in [0.1, 0.15) is 36.0 Å². The summed E-state index contributed by atoms with van der Waals surface area (Å²) in [7, 11) is 0. The van der Waals surface area contributed by atoms with Crippen LogP contribution in [0, 0.1) is 6.92 Å². The van der Waals surface area contributed by atoms with Gasteiger partial charge in [-0.05, 0) is 44.0 Å².